The standard InChI is InChI=1S/C19H37BO2/c1-15-12-18(2,3)17-11-9-7-5-6-8-10-16(15)13-21-19(4,20)22-14-17/h15-17H,5-14,20H2,1-4H3. The number of hydrogen-bond acceptors (Lipinski definition) is 2. The molecule has 0 amide bonds. The quantitative estimate of drug-likeness (QED) is 0.619. The van der Waals surface area contributed by atoms with Crippen LogP contribution in [0.5, 0.6) is 0 Å². The Hall–Kier alpha value is -0.0151. The molecule has 2 bridgehead atoms. The highest BCUT2D eigenvalue weighted by Crippen LogP contribution is 2.42. The van der Waals surface area contributed by atoms with Crippen molar-refractivity contribution in [2.45, 2.75) is 84.7 Å². The maximum Gasteiger partial charge on any atom is 0.178 e. The van der Waals surface area contributed by atoms with E-state index in [9.17, 15) is 0 Å². The van der Waals surface area contributed by atoms with Crippen molar-refractivity contribution in [1.29, 1.82) is 0 Å². The van der Waals surface area contributed by atoms with Crippen molar-refractivity contribution < 1.29 is 9.47 Å². The molecule has 0 spiro atoms. The zero-order valence-electron chi connectivity index (χ0n) is 15.6. The summed E-state index contributed by atoms with van der Waals surface area (Å²) in [6.07, 6.45) is 10.8. The zero-order valence-corrected chi connectivity index (χ0v) is 15.6. The molecular weight excluding hydrogens is 271 g/mol. The molecule has 2 fully saturated rings. The second kappa shape index (κ2) is 7.70. The van der Waals surface area contributed by atoms with E-state index in [2.05, 4.69) is 35.5 Å². The van der Waals surface area contributed by atoms with E-state index in [4.69, 9.17) is 9.47 Å². The summed E-state index contributed by atoms with van der Waals surface area (Å²) in [5.74, 6) is 2.07. The number of hydrogen-bond donors (Lipinski definition) is 0. The summed E-state index contributed by atoms with van der Waals surface area (Å²) >= 11 is 0. The van der Waals surface area contributed by atoms with Crippen LogP contribution in [-0.4, -0.2) is 26.7 Å². The molecule has 1 aliphatic heterocycles. The highest BCUT2D eigenvalue weighted by atomic mass is 16.7. The lowest BCUT2D eigenvalue weighted by Crippen LogP contribution is -2.42. The highest BCUT2D eigenvalue weighted by molar-refractivity contribution is 6.13. The maximum absolute atomic E-state index is 6.21. The van der Waals surface area contributed by atoms with Gasteiger partial charge >= 0.3 is 0 Å². The van der Waals surface area contributed by atoms with Gasteiger partial charge < -0.3 is 9.47 Å². The number of fused-ring (bicyclic) bond motifs is 4. The van der Waals surface area contributed by atoms with E-state index in [0.29, 0.717) is 17.3 Å². The van der Waals surface area contributed by atoms with Gasteiger partial charge in [0, 0.05) is 0 Å². The maximum atomic E-state index is 6.21. The Morgan fingerprint density at radius 2 is 1.45 bits per heavy atom. The fourth-order valence-electron chi connectivity index (χ4n) is 4.37. The molecule has 3 heteroatoms. The number of ether oxygens (including phenoxy) is 2. The average molecular weight is 308 g/mol. The highest BCUT2D eigenvalue weighted by Gasteiger charge is 2.36. The van der Waals surface area contributed by atoms with Crippen molar-refractivity contribution in [2.75, 3.05) is 13.2 Å². The second-order valence-electron chi connectivity index (χ2n) is 8.99. The Morgan fingerprint density at radius 3 is 2.18 bits per heavy atom. The van der Waals surface area contributed by atoms with E-state index in [1.165, 1.54) is 51.4 Å². The van der Waals surface area contributed by atoms with Crippen molar-refractivity contribution in [3.8, 4) is 0 Å². The molecule has 2 rings (SSSR count). The van der Waals surface area contributed by atoms with Crippen LogP contribution in [0.15, 0.2) is 0 Å². The molecule has 4 atom stereocenters. The van der Waals surface area contributed by atoms with E-state index < -0.39 is 5.69 Å². The lowest BCUT2D eigenvalue weighted by molar-refractivity contribution is -0.196. The molecule has 128 valence electrons. The fourth-order valence-corrected chi connectivity index (χ4v) is 4.37. The Labute approximate surface area is 139 Å². The summed E-state index contributed by atoms with van der Waals surface area (Å²) in [5.41, 5.74) is -0.0714. The largest absolute Gasteiger partial charge is 0.359 e. The van der Waals surface area contributed by atoms with Gasteiger partial charge in [0.2, 0.25) is 0 Å². The van der Waals surface area contributed by atoms with Crippen LogP contribution in [0.4, 0.5) is 0 Å². The first-order chi connectivity index (χ1) is 10.3. The molecule has 1 saturated heterocycles. The van der Waals surface area contributed by atoms with Crippen LogP contribution in [0.25, 0.3) is 0 Å². The van der Waals surface area contributed by atoms with Gasteiger partial charge in [-0.05, 0) is 49.4 Å². The first-order valence-corrected chi connectivity index (χ1v) is 9.58. The molecule has 1 heterocycles. The van der Waals surface area contributed by atoms with Gasteiger partial charge in [-0.1, -0.05) is 52.9 Å². The van der Waals surface area contributed by atoms with E-state index in [1.807, 2.05) is 0 Å². The SMILES string of the molecule is BC1(C)OCC2CCCCCCCC(CO1)C(C)(C)CC2C. The van der Waals surface area contributed by atoms with Crippen LogP contribution in [-0.2, 0) is 9.47 Å². The molecule has 4 unspecified atom stereocenters. The Morgan fingerprint density at radius 1 is 0.864 bits per heavy atom. The topological polar surface area (TPSA) is 18.5 Å². The molecular formula is C19H37BO2. The van der Waals surface area contributed by atoms with Crippen LogP contribution in [0, 0.1) is 23.2 Å². The molecule has 0 aromatic carbocycles. The third kappa shape index (κ3) is 5.27. The van der Waals surface area contributed by atoms with Gasteiger partial charge in [-0.15, -0.1) is 0 Å². The Bertz CT molecular complexity index is 340. The third-order valence-corrected chi connectivity index (χ3v) is 6.16. The van der Waals surface area contributed by atoms with E-state index >= 15 is 0 Å². The fraction of sp³-hybridized carbons (Fsp3) is 1.00. The third-order valence-electron chi connectivity index (χ3n) is 6.16. The van der Waals surface area contributed by atoms with Crippen molar-refractivity contribution in [3.63, 3.8) is 0 Å². The van der Waals surface area contributed by atoms with Crippen LogP contribution >= 0.6 is 0 Å². The molecule has 2 nitrogen and oxygen atoms in total. The van der Waals surface area contributed by atoms with Crippen molar-refractivity contribution in [1.82, 2.24) is 0 Å². The van der Waals surface area contributed by atoms with Crippen LogP contribution in [0.3, 0.4) is 0 Å². The van der Waals surface area contributed by atoms with Gasteiger partial charge in [-0.3, -0.25) is 0 Å². The van der Waals surface area contributed by atoms with Crippen molar-refractivity contribution >= 4 is 7.85 Å². The van der Waals surface area contributed by atoms with E-state index in [1.54, 1.807) is 0 Å². The molecule has 0 radical (unpaired) electrons. The lowest BCUT2D eigenvalue weighted by atomic mass is 9.68. The molecule has 1 saturated carbocycles. The van der Waals surface area contributed by atoms with E-state index in [0.717, 1.165) is 19.1 Å². The normalized spacial score (nSPS) is 41.5. The minimum absolute atomic E-state index is 0.365. The second-order valence-corrected chi connectivity index (χ2v) is 8.99. The summed E-state index contributed by atoms with van der Waals surface area (Å²) in [6.45, 7) is 11.2. The Balaban J connectivity index is 2.22. The molecule has 1 aliphatic carbocycles. The van der Waals surface area contributed by atoms with Crippen molar-refractivity contribution in [2.24, 2.45) is 23.2 Å². The number of rotatable bonds is 0. The predicted molar refractivity (Wildman–Crippen MR) is 95.7 cm³/mol. The van der Waals surface area contributed by atoms with Gasteiger partial charge in [-0.25, -0.2) is 0 Å². The molecule has 0 aromatic rings. The van der Waals surface area contributed by atoms with Crippen LogP contribution < -0.4 is 0 Å². The van der Waals surface area contributed by atoms with Crippen LogP contribution in [0.1, 0.15) is 79.1 Å². The van der Waals surface area contributed by atoms with Crippen LogP contribution in [0.2, 0.25) is 0 Å². The lowest BCUT2D eigenvalue weighted by Gasteiger charge is -2.42. The molecule has 2 aliphatic rings. The minimum atomic E-state index is -0.437. The summed E-state index contributed by atoms with van der Waals surface area (Å²) in [7, 11) is 2.09. The van der Waals surface area contributed by atoms with Gasteiger partial charge in [0.15, 0.2) is 7.85 Å². The molecule has 0 N–H and O–H groups in total. The van der Waals surface area contributed by atoms with Gasteiger partial charge in [0.05, 0.1) is 13.2 Å². The zero-order chi connectivity index (χ0) is 16.2. The van der Waals surface area contributed by atoms with E-state index in [-0.39, 0.29) is 0 Å². The summed E-state index contributed by atoms with van der Waals surface area (Å²) in [6, 6.07) is 0. The van der Waals surface area contributed by atoms with Crippen molar-refractivity contribution in [3.05, 3.63) is 0 Å². The summed E-state index contributed by atoms with van der Waals surface area (Å²) in [4.78, 5) is 0. The monoisotopic (exact) mass is 308 g/mol. The predicted octanol–water partition coefficient (Wildman–Crippen LogP) is 4.37. The van der Waals surface area contributed by atoms with Gasteiger partial charge in [0.1, 0.15) is 5.69 Å². The smallest absolute Gasteiger partial charge is 0.178 e. The summed E-state index contributed by atoms with van der Waals surface area (Å²) in [5, 5.41) is 0. The average Bonchev–Trinajstić information content (AvgIpc) is 2.41. The summed E-state index contributed by atoms with van der Waals surface area (Å²) < 4.78 is 12.4. The molecule has 22 heavy (non-hydrogen) atoms. The van der Waals surface area contributed by atoms with Gasteiger partial charge in [0.25, 0.3) is 0 Å². The first-order valence-electron chi connectivity index (χ1n) is 9.58. The minimum Gasteiger partial charge on any atom is -0.359 e. The van der Waals surface area contributed by atoms with Gasteiger partial charge in [-0.2, -0.15) is 0 Å². The molecule has 0 aromatic heterocycles. The Kier molecular flexibility index (Phi) is 6.42. The first kappa shape index (κ1) is 18.3.